The third kappa shape index (κ3) is 3.77. The van der Waals surface area contributed by atoms with Gasteiger partial charge < -0.3 is 11.1 Å². The van der Waals surface area contributed by atoms with Crippen molar-refractivity contribution in [1.82, 2.24) is 9.55 Å². The molecular weight excluding hydrogens is 393 g/mol. The summed E-state index contributed by atoms with van der Waals surface area (Å²) in [5, 5.41) is 4.30. The molecule has 0 aliphatic heterocycles. The molecule has 0 saturated carbocycles. The van der Waals surface area contributed by atoms with E-state index in [1.165, 1.54) is 4.57 Å². The Labute approximate surface area is 170 Å². The lowest BCUT2D eigenvalue weighted by molar-refractivity contribution is -0.140. The Bertz CT molecular complexity index is 1210. The van der Waals surface area contributed by atoms with Crippen LogP contribution in [-0.4, -0.2) is 22.0 Å². The minimum atomic E-state index is -4.58. The van der Waals surface area contributed by atoms with Gasteiger partial charge in [0, 0.05) is 23.1 Å². The fraction of sp³-hybridized carbons (Fsp3) is 0.0909. The van der Waals surface area contributed by atoms with E-state index in [0.717, 1.165) is 17.0 Å². The average molecular weight is 410 g/mol. The fourth-order valence-electron chi connectivity index (χ4n) is 3.24. The Morgan fingerprint density at radius 3 is 2.40 bits per heavy atom. The average Bonchev–Trinajstić information content (AvgIpc) is 3.19. The number of carbonyl (C=O) groups excluding carboxylic acids is 1. The largest absolute Gasteiger partial charge is 0.434 e. The molecule has 0 bridgehead atoms. The first-order chi connectivity index (χ1) is 14.4. The number of fused-ring (bicyclic) bond motifs is 1. The van der Waals surface area contributed by atoms with Gasteiger partial charge in [0.15, 0.2) is 5.69 Å². The minimum Gasteiger partial charge on any atom is -0.325 e. The third-order valence-corrected chi connectivity index (χ3v) is 4.64. The van der Waals surface area contributed by atoms with Crippen molar-refractivity contribution in [2.45, 2.75) is 6.18 Å². The second-order valence-electron chi connectivity index (χ2n) is 6.64. The number of hydrogen-bond acceptors (Lipinski definition) is 3. The Hall–Kier alpha value is -3.65. The Morgan fingerprint density at radius 2 is 1.70 bits per heavy atom. The van der Waals surface area contributed by atoms with Crippen molar-refractivity contribution >= 4 is 22.4 Å². The highest BCUT2D eigenvalue weighted by Gasteiger charge is 2.35. The van der Waals surface area contributed by atoms with Crippen LogP contribution in [0, 0.1) is 0 Å². The molecule has 0 spiro atoms. The van der Waals surface area contributed by atoms with Crippen molar-refractivity contribution in [3.8, 4) is 17.1 Å². The lowest BCUT2D eigenvalue weighted by Gasteiger charge is -2.11. The molecule has 0 atom stereocenters. The maximum atomic E-state index is 13.4. The van der Waals surface area contributed by atoms with Gasteiger partial charge in [-0.3, -0.25) is 9.36 Å². The number of nitrogens with two attached hydrogens (primary N) is 1. The number of anilines is 1. The lowest BCUT2D eigenvalue weighted by atomic mass is 10.0. The van der Waals surface area contributed by atoms with E-state index in [2.05, 4.69) is 10.3 Å². The molecule has 30 heavy (non-hydrogen) atoms. The van der Waals surface area contributed by atoms with Crippen LogP contribution in [0.15, 0.2) is 72.9 Å². The Balaban J connectivity index is 1.86. The van der Waals surface area contributed by atoms with Crippen molar-refractivity contribution in [3.05, 3.63) is 78.6 Å². The second-order valence-corrected chi connectivity index (χ2v) is 6.64. The number of nitrogens with zero attached hydrogens (tertiary/aromatic N) is 2. The number of nitrogens with one attached hydrogen (secondary N) is 1. The number of hydrogen-bond donors (Lipinski definition) is 2. The molecule has 0 aliphatic rings. The van der Waals surface area contributed by atoms with Gasteiger partial charge >= 0.3 is 6.18 Å². The van der Waals surface area contributed by atoms with E-state index in [4.69, 9.17) is 5.73 Å². The molecule has 0 fully saturated rings. The van der Waals surface area contributed by atoms with Crippen LogP contribution in [0.4, 0.5) is 18.9 Å². The summed E-state index contributed by atoms with van der Waals surface area (Å²) in [6.45, 7) is -0.163. The van der Waals surface area contributed by atoms with E-state index in [1.54, 1.807) is 36.4 Å². The highest BCUT2D eigenvalue weighted by atomic mass is 19.4. The van der Waals surface area contributed by atoms with Crippen LogP contribution < -0.4 is 11.1 Å². The molecule has 1 aromatic heterocycles. The summed E-state index contributed by atoms with van der Waals surface area (Å²) in [4.78, 5) is 15.4. The maximum absolute atomic E-state index is 13.4. The van der Waals surface area contributed by atoms with Crippen LogP contribution in [0.5, 0.6) is 0 Å². The van der Waals surface area contributed by atoms with Gasteiger partial charge in [-0.1, -0.05) is 42.5 Å². The first kappa shape index (κ1) is 19.7. The van der Waals surface area contributed by atoms with Gasteiger partial charge in [-0.05, 0) is 35.0 Å². The molecule has 3 N–H and O–H groups in total. The van der Waals surface area contributed by atoms with E-state index >= 15 is 0 Å². The van der Waals surface area contributed by atoms with E-state index in [-0.39, 0.29) is 18.3 Å². The number of rotatable bonds is 4. The summed E-state index contributed by atoms with van der Waals surface area (Å²) in [6, 6.07) is 19.3. The molecule has 0 saturated heterocycles. The highest BCUT2D eigenvalue weighted by molar-refractivity contribution is 5.95. The van der Waals surface area contributed by atoms with Crippen molar-refractivity contribution in [3.63, 3.8) is 0 Å². The van der Waals surface area contributed by atoms with Gasteiger partial charge in [0.2, 0.25) is 5.91 Å². The van der Waals surface area contributed by atoms with Crippen molar-refractivity contribution in [1.29, 1.82) is 0 Å². The topological polar surface area (TPSA) is 72.9 Å². The predicted octanol–water partition coefficient (Wildman–Crippen LogP) is 4.61. The summed E-state index contributed by atoms with van der Waals surface area (Å²) < 4.78 is 41.7. The number of carbonyl (C=O) groups is 1. The van der Waals surface area contributed by atoms with Gasteiger partial charge in [-0.25, -0.2) is 4.98 Å². The zero-order chi connectivity index (χ0) is 21.3. The Morgan fingerprint density at radius 1 is 1.00 bits per heavy atom. The Kier molecular flexibility index (Phi) is 5.01. The molecule has 0 aliphatic carbocycles. The molecule has 1 amide bonds. The first-order valence-corrected chi connectivity index (χ1v) is 9.12. The summed E-state index contributed by atoms with van der Waals surface area (Å²) >= 11 is 0. The van der Waals surface area contributed by atoms with Crippen LogP contribution in [0.25, 0.3) is 27.8 Å². The van der Waals surface area contributed by atoms with Gasteiger partial charge in [0.1, 0.15) is 5.82 Å². The number of benzene rings is 3. The normalized spacial score (nSPS) is 11.6. The van der Waals surface area contributed by atoms with Gasteiger partial charge in [-0.15, -0.1) is 0 Å². The molecule has 4 aromatic rings. The van der Waals surface area contributed by atoms with Crippen LogP contribution in [0.1, 0.15) is 5.69 Å². The summed E-state index contributed by atoms with van der Waals surface area (Å²) in [5.41, 5.74) is 5.87. The molecule has 152 valence electrons. The SMILES string of the molecule is NCC(=O)Nc1ccc(-n2cc(C(F)(F)F)nc2-c2cccc3ccccc23)cc1. The van der Waals surface area contributed by atoms with E-state index in [9.17, 15) is 18.0 Å². The predicted molar refractivity (Wildman–Crippen MR) is 109 cm³/mol. The number of imidazole rings is 1. The van der Waals surface area contributed by atoms with Crippen molar-refractivity contribution in [2.75, 3.05) is 11.9 Å². The monoisotopic (exact) mass is 410 g/mol. The minimum absolute atomic E-state index is 0.163. The smallest absolute Gasteiger partial charge is 0.325 e. The number of aromatic nitrogens is 2. The van der Waals surface area contributed by atoms with E-state index in [0.29, 0.717) is 16.9 Å². The van der Waals surface area contributed by atoms with Crippen molar-refractivity contribution in [2.24, 2.45) is 5.73 Å². The lowest BCUT2D eigenvalue weighted by Crippen LogP contribution is -2.21. The summed E-state index contributed by atoms with van der Waals surface area (Å²) in [7, 11) is 0. The standard InChI is InChI=1S/C22H17F3N4O/c23-22(24,25)19-13-29(16-10-8-15(9-11-16)27-20(30)12-26)21(28-19)18-7-3-5-14-4-1-2-6-17(14)18/h1-11,13H,12,26H2,(H,27,30). The first-order valence-electron chi connectivity index (χ1n) is 9.12. The molecule has 5 nitrogen and oxygen atoms in total. The zero-order valence-corrected chi connectivity index (χ0v) is 15.6. The molecule has 3 aromatic carbocycles. The van der Waals surface area contributed by atoms with E-state index < -0.39 is 11.9 Å². The molecule has 8 heteroatoms. The molecular formula is C22H17F3N4O. The fourth-order valence-corrected chi connectivity index (χ4v) is 3.24. The van der Waals surface area contributed by atoms with Crippen LogP contribution in [0.3, 0.4) is 0 Å². The van der Waals surface area contributed by atoms with Crippen LogP contribution in [0.2, 0.25) is 0 Å². The highest BCUT2D eigenvalue weighted by Crippen LogP contribution is 2.35. The molecule has 4 rings (SSSR count). The number of alkyl halides is 3. The van der Waals surface area contributed by atoms with Crippen molar-refractivity contribution < 1.29 is 18.0 Å². The summed E-state index contributed by atoms with van der Waals surface area (Å²) in [6.07, 6.45) is -3.61. The number of amides is 1. The molecule has 1 heterocycles. The van der Waals surface area contributed by atoms with Crippen LogP contribution in [-0.2, 0) is 11.0 Å². The van der Waals surface area contributed by atoms with Crippen LogP contribution >= 0.6 is 0 Å². The number of halogens is 3. The summed E-state index contributed by atoms with van der Waals surface area (Å²) in [5.74, 6) is -0.181. The molecule has 0 radical (unpaired) electrons. The van der Waals surface area contributed by atoms with E-state index in [1.807, 2.05) is 30.3 Å². The quantitative estimate of drug-likeness (QED) is 0.516. The molecule has 0 unspecified atom stereocenters. The van der Waals surface area contributed by atoms with Gasteiger partial charge in [-0.2, -0.15) is 13.2 Å². The van der Waals surface area contributed by atoms with Gasteiger partial charge in [0.05, 0.1) is 6.54 Å². The van der Waals surface area contributed by atoms with Gasteiger partial charge in [0.25, 0.3) is 0 Å². The maximum Gasteiger partial charge on any atom is 0.434 e. The second kappa shape index (κ2) is 7.64. The third-order valence-electron chi connectivity index (χ3n) is 4.64. The zero-order valence-electron chi connectivity index (χ0n) is 15.6.